The van der Waals surface area contributed by atoms with Gasteiger partial charge in [-0.3, -0.25) is 0 Å². The van der Waals surface area contributed by atoms with E-state index in [2.05, 4.69) is 14.9 Å². The molecule has 20 heavy (non-hydrogen) atoms. The van der Waals surface area contributed by atoms with Crippen molar-refractivity contribution >= 4 is 11.6 Å². The first-order valence-electron chi connectivity index (χ1n) is 7.33. The fourth-order valence-corrected chi connectivity index (χ4v) is 2.33. The monoisotopic (exact) mass is 280 g/mol. The molecule has 0 amide bonds. The van der Waals surface area contributed by atoms with E-state index in [1.807, 2.05) is 13.0 Å². The van der Waals surface area contributed by atoms with Crippen molar-refractivity contribution in [1.82, 2.24) is 9.97 Å². The van der Waals surface area contributed by atoms with Gasteiger partial charge >= 0.3 is 0 Å². The topological polar surface area (TPSA) is 84.5 Å². The lowest BCUT2D eigenvalue weighted by Gasteiger charge is -2.38. The first-order valence-corrected chi connectivity index (χ1v) is 7.33. The quantitative estimate of drug-likeness (QED) is 0.747. The standard InChI is InChI=1S/C14H24N4O2/c1-2-20-10-13-16-12(15)9-14(17-13)18(7-4-8-19)11-5-3-6-11/h9,11,19H,2-8,10H2,1H3,(H2,15,16,17). The van der Waals surface area contributed by atoms with Crippen LogP contribution in [0.15, 0.2) is 6.07 Å². The number of aliphatic hydroxyl groups excluding tert-OH is 1. The maximum atomic E-state index is 9.06. The molecular weight excluding hydrogens is 256 g/mol. The number of ether oxygens (including phenoxy) is 1. The average Bonchev–Trinajstić information content (AvgIpc) is 2.38. The van der Waals surface area contributed by atoms with Crippen LogP contribution in [-0.4, -0.2) is 40.9 Å². The number of aliphatic hydroxyl groups is 1. The molecule has 1 fully saturated rings. The van der Waals surface area contributed by atoms with E-state index in [9.17, 15) is 0 Å². The Morgan fingerprint density at radius 2 is 2.25 bits per heavy atom. The summed E-state index contributed by atoms with van der Waals surface area (Å²) in [5.41, 5.74) is 5.87. The average molecular weight is 280 g/mol. The van der Waals surface area contributed by atoms with Crippen LogP contribution >= 0.6 is 0 Å². The second-order valence-corrected chi connectivity index (χ2v) is 5.06. The smallest absolute Gasteiger partial charge is 0.158 e. The first-order chi connectivity index (χ1) is 9.74. The van der Waals surface area contributed by atoms with Crippen molar-refractivity contribution in [3.05, 3.63) is 11.9 Å². The van der Waals surface area contributed by atoms with Gasteiger partial charge in [-0.25, -0.2) is 9.97 Å². The predicted molar refractivity (Wildman–Crippen MR) is 78.5 cm³/mol. The number of rotatable bonds is 8. The highest BCUT2D eigenvalue weighted by molar-refractivity contribution is 5.48. The van der Waals surface area contributed by atoms with Crippen molar-refractivity contribution in [1.29, 1.82) is 0 Å². The number of hydrogen-bond donors (Lipinski definition) is 2. The van der Waals surface area contributed by atoms with Gasteiger partial charge in [0, 0.05) is 31.9 Å². The van der Waals surface area contributed by atoms with Gasteiger partial charge in [-0.15, -0.1) is 0 Å². The molecule has 0 spiro atoms. The van der Waals surface area contributed by atoms with E-state index < -0.39 is 0 Å². The first kappa shape index (κ1) is 15.0. The minimum atomic E-state index is 0.190. The molecule has 0 unspecified atom stereocenters. The lowest BCUT2D eigenvalue weighted by atomic mass is 9.91. The minimum absolute atomic E-state index is 0.190. The van der Waals surface area contributed by atoms with Gasteiger partial charge in [0.2, 0.25) is 0 Å². The van der Waals surface area contributed by atoms with Crippen LogP contribution < -0.4 is 10.6 Å². The van der Waals surface area contributed by atoms with E-state index in [1.54, 1.807) is 0 Å². The molecule has 1 saturated carbocycles. The molecule has 1 aliphatic carbocycles. The van der Waals surface area contributed by atoms with Gasteiger partial charge < -0.3 is 20.5 Å². The predicted octanol–water partition coefficient (Wildman–Crippen LogP) is 1.34. The normalized spacial score (nSPS) is 15.1. The Bertz CT molecular complexity index is 424. The third-order valence-corrected chi connectivity index (χ3v) is 3.58. The molecule has 2 rings (SSSR count). The molecule has 1 aromatic heterocycles. The molecule has 6 heteroatoms. The van der Waals surface area contributed by atoms with Gasteiger partial charge in [-0.2, -0.15) is 0 Å². The maximum Gasteiger partial charge on any atom is 0.158 e. The van der Waals surface area contributed by atoms with Gasteiger partial charge in [-0.05, 0) is 32.6 Å². The summed E-state index contributed by atoms with van der Waals surface area (Å²) >= 11 is 0. The van der Waals surface area contributed by atoms with E-state index in [0.29, 0.717) is 30.9 Å². The molecule has 0 atom stereocenters. The highest BCUT2D eigenvalue weighted by Crippen LogP contribution is 2.29. The minimum Gasteiger partial charge on any atom is -0.396 e. The van der Waals surface area contributed by atoms with Crippen LogP contribution in [-0.2, 0) is 11.3 Å². The van der Waals surface area contributed by atoms with E-state index >= 15 is 0 Å². The summed E-state index contributed by atoms with van der Waals surface area (Å²) in [4.78, 5) is 11.0. The molecule has 3 N–H and O–H groups in total. The van der Waals surface area contributed by atoms with Crippen LogP contribution in [0.1, 0.15) is 38.4 Å². The number of anilines is 2. The lowest BCUT2D eigenvalue weighted by molar-refractivity contribution is 0.128. The molecule has 112 valence electrons. The van der Waals surface area contributed by atoms with Gasteiger partial charge in [-0.1, -0.05) is 0 Å². The Morgan fingerprint density at radius 1 is 1.45 bits per heavy atom. The van der Waals surface area contributed by atoms with E-state index in [4.69, 9.17) is 15.6 Å². The summed E-state index contributed by atoms with van der Waals surface area (Å²) < 4.78 is 5.35. The fraction of sp³-hybridized carbons (Fsp3) is 0.714. The SMILES string of the molecule is CCOCc1nc(N)cc(N(CCCO)C2CCC2)n1. The zero-order valence-electron chi connectivity index (χ0n) is 12.1. The Morgan fingerprint density at radius 3 is 2.85 bits per heavy atom. The summed E-state index contributed by atoms with van der Waals surface area (Å²) in [7, 11) is 0. The van der Waals surface area contributed by atoms with Gasteiger partial charge in [0.05, 0.1) is 0 Å². The number of nitrogens with zero attached hydrogens (tertiary/aromatic N) is 3. The van der Waals surface area contributed by atoms with Crippen molar-refractivity contribution in [2.24, 2.45) is 0 Å². The molecule has 1 aliphatic rings. The number of nitrogens with two attached hydrogens (primary N) is 1. The van der Waals surface area contributed by atoms with Crippen LogP contribution in [0, 0.1) is 0 Å². The Balaban J connectivity index is 2.15. The highest BCUT2D eigenvalue weighted by atomic mass is 16.5. The van der Waals surface area contributed by atoms with Crippen LogP contribution in [0.25, 0.3) is 0 Å². The highest BCUT2D eigenvalue weighted by Gasteiger charge is 2.26. The zero-order chi connectivity index (χ0) is 14.4. The number of hydrogen-bond acceptors (Lipinski definition) is 6. The van der Waals surface area contributed by atoms with Crippen LogP contribution in [0.3, 0.4) is 0 Å². The molecular formula is C14H24N4O2. The summed E-state index contributed by atoms with van der Waals surface area (Å²) in [6, 6.07) is 2.32. The van der Waals surface area contributed by atoms with Crippen molar-refractivity contribution in [2.45, 2.75) is 45.3 Å². The molecule has 0 radical (unpaired) electrons. The van der Waals surface area contributed by atoms with Crippen molar-refractivity contribution in [3.63, 3.8) is 0 Å². The van der Waals surface area contributed by atoms with Crippen molar-refractivity contribution in [3.8, 4) is 0 Å². The van der Waals surface area contributed by atoms with Crippen LogP contribution in [0.5, 0.6) is 0 Å². The van der Waals surface area contributed by atoms with Crippen molar-refractivity contribution < 1.29 is 9.84 Å². The van der Waals surface area contributed by atoms with E-state index in [1.165, 1.54) is 19.3 Å². The Hall–Kier alpha value is -1.40. The largest absolute Gasteiger partial charge is 0.396 e. The Labute approximate surface area is 120 Å². The number of nitrogen functional groups attached to an aromatic ring is 1. The van der Waals surface area contributed by atoms with Gasteiger partial charge in [0.1, 0.15) is 18.2 Å². The summed E-state index contributed by atoms with van der Waals surface area (Å²) in [5, 5.41) is 9.06. The van der Waals surface area contributed by atoms with Gasteiger partial charge in [0.25, 0.3) is 0 Å². The molecule has 1 heterocycles. The third-order valence-electron chi connectivity index (χ3n) is 3.58. The molecule has 0 bridgehead atoms. The molecule has 0 saturated heterocycles. The third kappa shape index (κ3) is 3.80. The molecule has 0 aliphatic heterocycles. The van der Waals surface area contributed by atoms with Crippen LogP contribution in [0.2, 0.25) is 0 Å². The molecule has 1 aromatic rings. The zero-order valence-corrected chi connectivity index (χ0v) is 12.1. The van der Waals surface area contributed by atoms with Gasteiger partial charge in [0.15, 0.2) is 5.82 Å². The van der Waals surface area contributed by atoms with E-state index in [0.717, 1.165) is 18.8 Å². The van der Waals surface area contributed by atoms with Crippen molar-refractivity contribution in [2.75, 3.05) is 30.4 Å². The van der Waals surface area contributed by atoms with Crippen LogP contribution in [0.4, 0.5) is 11.6 Å². The Kier molecular flexibility index (Phi) is 5.55. The summed E-state index contributed by atoms with van der Waals surface area (Å²) in [6.45, 7) is 3.94. The molecule has 0 aromatic carbocycles. The molecule has 6 nitrogen and oxygen atoms in total. The second-order valence-electron chi connectivity index (χ2n) is 5.06. The fourth-order valence-electron chi connectivity index (χ4n) is 2.33. The second kappa shape index (κ2) is 7.40. The summed E-state index contributed by atoms with van der Waals surface area (Å²) in [6.07, 6.45) is 4.35. The maximum absolute atomic E-state index is 9.06. The number of aromatic nitrogens is 2. The summed E-state index contributed by atoms with van der Waals surface area (Å²) in [5.74, 6) is 1.94. The van der Waals surface area contributed by atoms with E-state index in [-0.39, 0.29) is 6.61 Å². The lowest BCUT2D eigenvalue weighted by Crippen LogP contribution is -2.41.